The van der Waals surface area contributed by atoms with Crippen LogP contribution >= 0.6 is 0 Å². The molecule has 0 aliphatic carbocycles. The molecule has 1 N–H and O–H groups in total. The summed E-state index contributed by atoms with van der Waals surface area (Å²) in [5, 5.41) is 6.25. The molecule has 2 rings (SSSR count). The fourth-order valence-electron chi connectivity index (χ4n) is 2.48. The highest BCUT2D eigenvalue weighted by atomic mass is 19.4. The van der Waals surface area contributed by atoms with E-state index in [1.807, 2.05) is 25.1 Å². The van der Waals surface area contributed by atoms with Gasteiger partial charge in [0.05, 0.1) is 5.56 Å². The van der Waals surface area contributed by atoms with Gasteiger partial charge in [0.25, 0.3) is 5.91 Å². The zero-order valence-corrected chi connectivity index (χ0v) is 14.6. The Balaban J connectivity index is 2.35. The van der Waals surface area contributed by atoms with Gasteiger partial charge in [0.15, 0.2) is 0 Å². The molecule has 0 aliphatic heterocycles. The molecule has 0 aliphatic rings. The molecule has 2 aromatic rings. The lowest BCUT2D eigenvalue weighted by Crippen LogP contribution is -2.29. The molecule has 0 radical (unpaired) electrons. The number of carbonyl (C=O) groups excluding carboxylic acids is 1. The quantitative estimate of drug-likeness (QED) is 0.645. The van der Waals surface area contributed by atoms with Crippen LogP contribution in [0.5, 0.6) is 0 Å². The smallest absolute Gasteiger partial charge is 0.399 e. The predicted molar refractivity (Wildman–Crippen MR) is 93.8 cm³/mol. The summed E-state index contributed by atoms with van der Waals surface area (Å²) in [6, 6.07) is 10.5. The lowest BCUT2D eigenvalue weighted by molar-refractivity contribution is -0.137. The summed E-state index contributed by atoms with van der Waals surface area (Å²) in [5.41, 5.74) is 2.71. The van der Waals surface area contributed by atoms with Crippen molar-refractivity contribution in [2.75, 3.05) is 14.2 Å². The second-order valence-electron chi connectivity index (χ2n) is 5.69. The van der Waals surface area contributed by atoms with Crippen molar-refractivity contribution in [3.05, 3.63) is 59.2 Å². The van der Waals surface area contributed by atoms with Crippen molar-refractivity contribution in [3.8, 4) is 11.1 Å². The van der Waals surface area contributed by atoms with E-state index in [9.17, 15) is 18.0 Å². The lowest BCUT2D eigenvalue weighted by atomic mass is 9.96. The monoisotopic (exact) mass is 364 g/mol. The number of carbonyl (C=O) groups is 1. The SMILES string of the molecule is CNC(=O)C(Cc1cc(-c2ccc(C(F)(F)F)cc2)ccc1C)=NOC. The number of rotatable bonds is 5. The van der Waals surface area contributed by atoms with Crippen molar-refractivity contribution in [3.63, 3.8) is 0 Å². The molecular formula is C19H19F3N2O2. The van der Waals surface area contributed by atoms with Crippen molar-refractivity contribution >= 4 is 11.6 Å². The summed E-state index contributed by atoms with van der Waals surface area (Å²) >= 11 is 0. The molecule has 2 aromatic carbocycles. The van der Waals surface area contributed by atoms with Crippen molar-refractivity contribution < 1.29 is 22.8 Å². The van der Waals surface area contributed by atoms with Crippen molar-refractivity contribution in [1.29, 1.82) is 0 Å². The molecule has 0 atom stereocenters. The van der Waals surface area contributed by atoms with E-state index in [2.05, 4.69) is 10.5 Å². The first-order chi connectivity index (χ1) is 12.3. The zero-order chi connectivity index (χ0) is 19.3. The van der Waals surface area contributed by atoms with E-state index in [1.165, 1.54) is 26.3 Å². The van der Waals surface area contributed by atoms with Crippen LogP contribution in [0.15, 0.2) is 47.6 Å². The summed E-state index contributed by atoms with van der Waals surface area (Å²) in [7, 11) is 2.85. The first kappa shape index (κ1) is 19.5. The molecule has 0 spiro atoms. The molecule has 0 bridgehead atoms. The normalized spacial score (nSPS) is 12.0. The van der Waals surface area contributed by atoms with Gasteiger partial charge in [-0.15, -0.1) is 0 Å². The van der Waals surface area contributed by atoms with E-state index in [4.69, 9.17) is 4.84 Å². The summed E-state index contributed by atoms with van der Waals surface area (Å²) in [5.74, 6) is -0.355. The predicted octanol–water partition coefficient (Wildman–Crippen LogP) is 3.97. The molecule has 0 heterocycles. The van der Waals surface area contributed by atoms with Gasteiger partial charge in [-0.2, -0.15) is 13.2 Å². The molecule has 1 amide bonds. The number of hydrogen-bond acceptors (Lipinski definition) is 3. The number of nitrogens with zero attached hydrogens (tertiary/aromatic N) is 1. The number of benzene rings is 2. The van der Waals surface area contributed by atoms with Gasteiger partial charge >= 0.3 is 6.18 Å². The van der Waals surface area contributed by atoms with Crippen molar-refractivity contribution in [2.45, 2.75) is 19.5 Å². The summed E-state index contributed by atoms with van der Waals surface area (Å²) in [6.07, 6.45) is -4.12. The van der Waals surface area contributed by atoms with Crippen molar-refractivity contribution in [1.82, 2.24) is 5.32 Å². The highest BCUT2D eigenvalue weighted by Crippen LogP contribution is 2.31. The maximum atomic E-state index is 12.7. The van der Waals surface area contributed by atoms with Crippen LogP contribution in [0, 0.1) is 6.92 Å². The highest BCUT2D eigenvalue weighted by molar-refractivity contribution is 6.39. The van der Waals surface area contributed by atoms with E-state index in [1.54, 1.807) is 0 Å². The molecule has 138 valence electrons. The third-order valence-electron chi connectivity index (χ3n) is 3.94. The summed E-state index contributed by atoms with van der Waals surface area (Å²) in [4.78, 5) is 16.6. The van der Waals surface area contributed by atoms with Gasteiger partial charge in [-0.1, -0.05) is 35.5 Å². The number of aryl methyl sites for hydroxylation is 1. The van der Waals surface area contributed by atoms with E-state index >= 15 is 0 Å². The number of halogens is 3. The minimum absolute atomic E-state index is 0.211. The van der Waals surface area contributed by atoms with E-state index in [0.29, 0.717) is 5.56 Å². The maximum Gasteiger partial charge on any atom is 0.416 e. The number of hydrogen-bond donors (Lipinski definition) is 1. The largest absolute Gasteiger partial charge is 0.416 e. The molecule has 0 aromatic heterocycles. The molecular weight excluding hydrogens is 345 g/mol. The van der Waals surface area contributed by atoms with Gasteiger partial charge in [0, 0.05) is 13.5 Å². The fraction of sp³-hybridized carbons (Fsp3) is 0.263. The van der Waals surface area contributed by atoms with E-state index < -0.39 is 11.7 Å². The fourth-order valence-corrected chi connectivity index (χ4v) is 2.48. The van der Waals surface area contributed by atoms with Crippen LogP contribution in [0.1, 0.15) is 16.7 Å². The topological polar surface area (TPSA) is 50.7 Å². The molecule has 7 heteroatoms. The minimum Gasteiger partial charge on any atom is -0.399 e. The Labute approximate surface area is 149 Å². The van der Waals surface area contributed by atoms with Gasteiger partial charge in [-0.25, -0.2) is 0 Å². The number of alkyl halides is 3. The third-order valence-corrected chi connectivity index (χ3v) is 3.94. The Morgan fingerprint density at radius 3 is 2.27 bits per heavy atom. The van der Waals surface area contributed by atoms with Crippen LogP contribution in [0.3, 0.4) is 0 Å². The van der Waals surface area contributed by atoms with Crippen LogP contribution in [0.2, 0.25) is 0 Å². The van der Waals surface area contributed by atoms with Gasteiger partial charge in [-0.05, 0) is 41.3 Å². The molecule has 4 nitrogen and oxygen atoms in total. The molecule has 0 fully saturated rings. The Morgan fingerprint density at radius 1 is 1.12 bits per heavy atom. The van der Waals surface area contributed by atoms with Crippen LogP contribution in [0.25, 0.3) is 11.1 Å². The Morgan fingerprint density at radius 2 is 1.73 bits per heavy atom. The second-order valence-corrected chi connectivity index (χ2v) is 5.69. The second kappa shape index (κ2) is 8.03. The van der Waals surface area contributed by atoms with Gasteiger partial charge < -0.3 is 10.2 Å². The van der Waals surface area contributed by atoms with Gasteiger partial charge in [0.2, 0.25) is 0 Å². The van der Waals surface area contributed by atoms with Gasteiger partial charge in [0.1, 0.15) is 12.8 Å². The Kier molecular flexibility index (Phi) is 6.02. The Bertz CT molecular complexity index is 813. The van der Waals surface area contributed by atoms with Crippen LogP contribution in [-0.4, -0.2) is 25.8 Å². The minimum atomic E-state index is -4.37. The van der Waals surface area contributed by atoms with E-state index in [-0.39, 0.29) is 18.0 Å². The number of oxime groups is 1. The lowest BCUT2D eigenvalue weighted by Gasteiger charge is -2.11. The van der Waals surface area contributed by atoms with Crippen molar-refractivity contribution in [2.24, 2.45) is 5.16 Å². The first-order valence-corrected chi connectivity index (χ1v) is 7.85. The van der Waals surface area contributed by atoms with Crippen LogP contribution in [-0.2, 0) is 22.2 Å². The highest BCUT2D eigenvalue weighted by Gasteiger charge is 2.30. The number of amides is 1. The average molecular weight is 364 g/mol. The molecule has 0 unspecified atom stereocenters. The third kappa shape index (κ3) is 4.62. The number of nitrogens with one attached hydrogen (secondary N) is 1. The Hall–Kier alpha value is -2.83. The summed E-state index contributed by atoms with van der Waals surface area (Å²) in [6.45, 7) is 1.89. The first-order valence-electron chi connectivity index (χ1n) is 7.85. The van der Waals surface area contributed by atoms with E-state index in [0.717, 1.165) is 28.8 Å². The zero-order valence-electron chi connectivity index (χ0n) is 14.6. The van der Waals surface area contributed by atoms with Crippen LogP contribution < -0.4 is 5.32 Å². The summed E-state index contributed by atoms with van der Waals surface area (Å²) < 4.78 is 38.1. The van der Waals surface area contributed by atoms with Gasteiger partial charge in [-0.3, -0.25) is 4.79 Å². The van der Waals surface area contributed by atoms with Crippen LogP contribution in [0.4, 0.5) is 13.2 Å². The standard InChI is InChI=1S/C19H19F3N2O2/c1-12-4-5-14(13-6-8-16(9-7-13)19(20,21)22)10-15(12)11-17(24-26-3)18(25)23-2/h4-10H,11H2,1-3H3,(H,23,25). The molecule has 26 heavy (non-hydrogen) atoms. The molecule has 0 saturated carbocycles. The molecule has 0 saturated heterocycles. The average Bonchev–Trinajstić information content (AvgIpc) is 2.61. The maximum absolute atomic E-state index is 12.7.